The van der Waals surface area contributed by atoms with Gasteiger partial charge in [-0.15, -0.1) is 0 Å². The number of carbonyl (C=O) groups is 1. The Kier molecular flexibility index (Phi) is 5.55. The maximum absolute atomic E-state index is 12.8. The third kappa shape index (κ3) is 3.94. The average Bonchev–Trinajstić information content (AvgIpc) is 3.35. The van der Waals surface area contributed by atoms with Gasteiger partial charge in [-0.25, -0.2) is 0 Å². The minimum atomic E-state index is -6.01. The van der Waals surface area contributed by atoms with Crippen molar-refractivity contribution in [3.8, 4) is 0 Å². The van der Waals surface area contributed by atoms with Gasteiger partial charge >= 0.3 is 12.4 Å². The smallest absolute Gasteiger partial charge is 0.368 e. The second-order valence-corrected chi connectivity index (χ2v) is 6.33. The lowest BCUT2D eigenvalue weighted by atomic mass is 9.97. The number of carbonyl (C=O) groups excluding carboxylic acids is 1. The number of rotatable bonds is 6. The molecule has 1 N–H and O–H groups in total. The molecule has 1 aliphatic rings. The van der Waals surface area contributed by atoms with Crippen molar-refractivity contribution in [3.05, 3.63) is 29.6 Å². The van der Waals surface area contributed by atoms with Crippen LogP contribution in [0.4, 0.5) is 26.3 Å². The molecule has 10 heteroatoms. The summed E-state index contributed by atoms with van der Waals surface area (Å²) in [6.45, 7) is 2.76. The van der Waals surface area contributed by atoms with Crippen LogP contribution in [0.2, 0.25) is 0 Å². The highest BCUT2D eigenvalue weighted by molar-refractivity contribution is 5.94. The Hall–Kier alpha value is -1.84. The van der Waals surface area contributed by atoms with Gasteiger partial charge in [-0.05, 0) is 37.3 Å². The Morgan fingerprint density at radius 1 is 1.19 bits per heavy atom. The summed E-state index contributed by atoms with van der Waals surface area (Å²) in [6, 6.07) is 1.21. The molecule has 0 atom stereocenters. The SMILES string of the molecule is CCCN(CC1CC1)C(=O)c1ccc(C(O)(C(F)(F)F)C(F)(F)F)nc1. The number of nitrogens with zero attached hydrogens (tertiary/aromatic N) is 2. The normalized spacial score (nSPS) is 15.8. The summed E-state index contributed by atoms with van der Waals surface area (Å²) in [5, 5.41) is 9.30. The summed E-state index contributed by atoms with van der Waals surface area (Å²) in [4.78, 5) is 17.0. The second-order valence-electron chi connectivity index (χ2n) is 6.33. The molecule has 146 valence electrons. The van der Waals surface area contributed by atoms with E-state index >= 15 is 0 Å². The summed E-state index contributed by atoms with van der Waals surface area (Å²) in [5.41, 5.74) is -6.86. The molecule has 0 spiro atoms. The zero-order valence-electron chi connectivity index (χ0n) is 13.9. The number of alkyl halides is 6. The molecule has 0 aromatic carbocycles. The largest absolute Gasteiger partial charge is 0.432 e. The van der Waals surface area contributed by atoms with Gasteiger partial charge in [0.05, 0.1) is 11.3 Å². The zero-order valence-corrected chi connectivity index (χ0v) is 13.9. The van der Waals surface area contributed by atoms with E-state index in [9.17, 15) is 36.2 Å². The molecule has 1 aromatic rings. The number of aliphatic hydroxyl groups is 1. The minimum Gasteiger partial charge on any atom is -0.368 e. The lowest BCUT2D eigenvalue weighted by Gasteiger charge is -2.31. The van der Waals surface area contributed by atoms with E-state index in [-0.39, 0.29) is 5.56 Å². The maximum atomic E-state index is 12.8. The lowest BCUT2D eigenvalue weighted by Crippen LogP contribution is -2.54. The van der Waals surface area contributed by atoms with Gasteiger partial charge in [-0.2, -0.15) is 26.3 Å². The van der Waals surface area contributed by atoms with Gasteiger partial charge in [0.25, 0.3) is 11.5 Å². The van der Waals surface area contributed by atoms with Crippen molar-refractivity contribution in [2.24, 2.45) is 5.92 Å². The lowest BCUT2D eigenvalue weighted by molar-refractivity contribution is -0.377. The van der Waals surface area contributed by atoms with Crippen molar-refractivity contribution in [2.75, 3.05) is 13.1 Å². The Morgan fingerprint density at radius 3 is 2.15 bits per heavy atom. The van der Waals surface area contributed by atoms with Crippen molar-refractivity contribution in [1.29, 1.82) is 0 Å². The van der Waals surface area contributed by atoms with Crippen LogP contribution in [0.25, 0.3) is 0 Å². The van der Waals surface area contributed by atoms with E-state index in [1.54, 1.807) is 0 Å². The van der Waals surface area contributed by atoms with E-state index in [2.05, 4.69) is 4.98 Å². The van der Waals surface area contributed by atoms with Gasteiger partial charge in [0, 0.05) is 19.3 Å². The molecule has 1 heterocycles. The van der Waals surface area contributed by atoms with Crippen molar-refractivity contribution < 1.29 is 36.2 Å². The van der Waals surface area contributed by atoms with Crippen LogP contribution in [0.3, 0.4) is 0 Å². The number of hydrogen-bond acceptors (Lipinski definition) is 3. The highest BCUT2D eigenvalue weighted by Gasteiger charge is 2.72. The fourth-order valence-corrected chi connectivity index (χ4v) is 2.53. The van der Waals surface area contributed by atoms with Gasteiger partial charge in [0.2, 0.25) is 0 Å². The van der Waals surface area contributed by atoms with E-state index in [1.165, 1.54) is 4.90 Å². The highest BCUT2D eigenvalue weighted by atomic mass is 19.4. The number of halogens is 6. The summed E-state index contributed by atoms with van der Waals surface area (Å²) in [6.07, 6.45) is -8.76. The van der Waals surface area contributed by atoms with E-state index in [0.29, 0.717) is 37.7 Å². The standard InChI is InChI=1S/C16H18F6N2O2/c1-2-7-24(9-10-3-4-10)13(25)11-5-6-12(23-8-11)14(26,15(17,18)19)16(20,21)22/h5-6,8,10,26H,2-4,7,9H2,1H3. The first-order valence-electron chi connectivity index (χ1n) is 8.03. The van der Waals surface area contributed by atoms with Gasteiger partial charge in [-0.3, -0.25) is 9.78 Å². The van der Waals surface area contributed by atoms with Crippen LogP contribution in [0, 0.1) is 5.92 Å². The first-order valence-corrected chi connectivity index (χ1v) is 8.03. The van der Waals surface area contributed by atoms with Gasteiger partial charge in [-0.1, -0.05) is 6.92 Å². The number of amides is 1. The van der Waals surface area contributed by atoms with Gasteiger partial charge in [0.15, 0.2) is 0 Å². The molecule has 2 rings (SSSR count). The van der Waals surface area contributed by atoms with Crippen LogP contribution in [0.5, 0.6) is 0 Å². The molecule has 1 fully saturated rings. The zero-order chi connectivity index (χ0) is 19.8. The van der Waals surface area contributed by atoms with Crippen LogP contribution in [0.15, 0.2) is 18.3 Å². The molecule has 1 aromatic heterocycles. The molecule has 1 amide bonds. The number of pyridine rings is 1. The summed E-state index contributed by atoms with van der Waals surface area (Å²) in [7, 11) is 0. The van der Waals surface area contributed by atoms with E-state index < -0.39 is 29.6 Å². The van der Waals surface area contributed by atoms with Crippen molar-refractivity contribution >= 4 is 5.91 Å². The Labute approximate surface area is 145 Å². The first-order chi connectivity index (χ1) is 11.9. The van der Waals surface area contributed by atoms with Crippen LogP contribution in [-0.4, -0.2) is 46.3 Å². The highest BCUT2D eigenvalue weighted by Crippen LogP contribution is 2.49. The maximum Gasteiger partial charge on any atom is 0.432 e. The summed E-state index contributed by atoms with van der Waals surface area (Å²) < 4.78 is 77.0. The van der Waals surface area contributed by atoms with Crippen LogP contribution >= 0.6 is 0 Å². The molecule has 1 saturated carbocycles. The monoisotopic (exact) mass is 384 g/mol. The third-order valence-corrected chi connectivity index (χ3v) is 4.16. The third-order valence-electron chi connectivity index (χ3n) is 4.16. The predicted octanol–water partition coefficient (Wildman–Crippen LogP) is 3.66. The molecule has 0 aliphatic heterocycles. The minimum absolute atomic E-state index is 0.130. The average molecular weight is 384 g/mol. The van der Waals surface area contributed by atoms with Crippen LogP contribution in [-0.2, 0) is 5.60 Å². The molecule has 0 radical (unpaired) electrons. The van der Waals surface area contributed by atoms with Crippen molar-refractivity contribution in [1.82, 2.24) is 9.88 Å². The quantitative estimate of drug-likeness (QED) is 0.762. The van der Waals surface area contributed by atoms with Crippen molar-refractivity contribution in [3.63, 3.8) is 0 Å². The topological polar surface area (TPSA) is 53.4 Å². The van der Waals surface area contributed by atoms with E-state index in [4.69, 9.17) is 0 Å². The number of aromatic nitrogens is 1. The predicted molar refractivity (Wildman–Crippen MR) is 79.2 cm³/mol. The van der Waals surface area contributed by atoms with Crippen LogP contribution in [0.1, 0.15) is 42.2 Å². The molecule has 26 heavy (non-hydrogen) atoms. The second kappa shape index (κ2) is 7.05. The molecule has 0 saturated heterocycles. The molecule has 4 nitrogen and oxygen atoms in total. The molecule has 0 bridgehead atoms. The van der Waals surface area contributed by atoms with E-state index in [0.717, 1.165) is 18.9 Å². The van der Waals surface area contributed by atoms with Gasteiger partial charge in [0.1, 0.15) is 0 Å². The Balaban J connectivity index is 2.29. The molecule has 1 aliphatic carbocycles. The summed E-state index contributed by atoms with van der Waals surface area (Å²) in [5.74, 6) is -0.140. The fourth-order valence-electron chi connectivity index (χ4n) is 2.53. The molecular formula is C16H18F6N2O2. The summed E-state index contributed by atoms with van der Waals surface area (Å²) >= 11 is 0. The first kappa shape index (κ1) is 20.5. The van der Waals surface area contributed by atoms with E-state index in [1.807, 2.05) is 6.92 Å². The molecular weight excluding hydrogens is 366 g/mol. The number of hydrogen-bond donors (Lipinski definition) is 1. The van der Waals surface area contributed by atoms with Crippen LogP contribution < -0.4 is 0 Å². The Bertz CT molecular complexity index is 624. The van der Waals surface area contributed by atoms with Crippen molar-refractivity contribution in [2.45, 2.75) is 44.1 Å². The fraction of sp³-hybridized carbons (Fsp3) is 0.625. The molecule has 0 unspecified atom stereocenters. The Morgan fingerprint density at radius 2 is 1.77 bits per heavy atom. The van der Waals surface area contributed by atoms with Gasteiger partial charge < -0.3 is 10.0 Å².